The Balaban J connectivity index is 1.97. The number of rotatable bonds is 10. The molecule has 0 aliphatic heterocycles. The molecule has 2 aromatic rings. The lowest BCUT2D eigenvalue weighted by atomic mass is 10.1. The van der Waals surface area contributed by atoms with Crippen molar-refractivity contribution >= 4 is 23.2 Å². The highest BCUT2D eigenvalue weighted by molar-refractivity contribution is 5.87. The van der Waals surface area contributed by atoms with Crippen LogP contribution in [0.25, 0.3) is 5.70 Å². The van der Waals surface area contributed by atoms with E-state index >= 15 is 0 Å². The summed E-state index contributed by atoms with van der Waals surface area (Å²) in [7, 11) is 3.13. The second-order valence-electron chi connectivity index (χ2n) is 7.40. The number of carbonyl (C=O) groups is 1. The molecule has 166 valence electrons. The van der Waals surface area contributed by atoms with Gasteiger partial charge in [0.1, 0.15) is 5.75 Å². The standard InChI is InChI=1S/C23H27F2N3O3/c1-15(17-5-4-6-19(11-17)27-23(29)30-3)28(14-16-7-8-16)21-12-20(31-22(24)25)10-9-18(21)13-26-2/h4-6,9-12,16,22,26H,1,7-8,13-14H2,2-3H3,(H,27,29). The highest BCUT2D eigenvalue weighted by Crippen LogP contribution is 2.38. The average Bonchev–Trinajstić information content (AvgIpc) is 3.57. The summed E-state index contributed by atoms with van der Waals surface area (Å²) >= 11 is 0. The maximum Gasteiger partial charge on any atom is 0.411 e. The Kier molecular flexibility index (Phi) is 7.46. The van der Waals surface area contributed by atoms with Crippen molar-refractivity contribution in [3.8, 4) is 5.75 Å². The molecule has 2 N–H and O–H groups in total. The third-order valence-electron chi connectivity index (χ3n) is 5.03. The molecule has 0 unspecified atom stereocenters. The van der Waals surface area contributed by atoms with Crippen LogP contribution in [0.4, 0.5) is 25.0 Å². The summed E-state index contributed by atoms with van der Waals surface area (Å²) in [5.41, 5.74) is 3.77. The average molecular weight is 431 g/mol. The maximum absolute atomic E-state index is 12.8. The molecule has 1 saturated carbocycles. The van der Waals surface area contributed by atoms with Crippen LogP contribution >= 0.6 is 0 Å². The summed E-state index contributed by atoms with van der Waals surface area (Å²) < 4.78 is 34.9. The minimum absolute atomic E-state index is 0.0968. The van der Waals surface area contributed by atoms with E-state index in [4.69, 9.17) is 0 Å². The van der Waals surface area contributed by atoms with Crippen LogP contribution in [-0.2, 0) is 11.3 Å². The SMILES string of the molecule is C=C(c1cccc(NC(=O)OC)c1)N(CC1CC1)c1cc(OC(F)F)ccc1CNC. The Morgan fingerprint density at radius 1 is 1.26 bits per heavy atom. The van der Waals surface area contributed by atoms with E-state index in [9.17, 15) is 13.6 Å². The normalized spacial score (nSPS) is 13.1. The van der Waals surface area contributed by atoms with E-state index in [2.05, 4.69) is 26.7 Å². The molecule has 1 amide bonds. The number of hydrogen-bond donors (Lipinski definition) is 2. The molecule has 0 heterocycles. The summed E-state index contributed by atoms with van der Waals surface area (Å²) in [6, 6.07) is 12.2. The van der Waals surface area contributed by atoms with Crippen molar-refractivity contribution in [2.24, 2.45) is 5.92 Å². The molecule has 31 heavy (non-hydrogen) atoms. The molecule has 1 fully saturated rings. The summed E-state index contributed by atoms with van der Waals surface area (Å²) in [6.07, 6.45) is 1.66. The number of methoxy groups -OCH3 is 1. The van der Waals surface area contributed by atoms with Gasteiger partial charge in [-0.2, -0.15) is 8.78 Å². The minimum Gasteiger partial charge on any atom is -0.453 e. The zero-order valence-corrected chi connectivity index (χ0v) is 17.7. The molecular weight excluding hydrogens is 404 g/mol. The number of carbonyl (C=O) groups excluding carboxylic acids is 1. The lowest BCUT2D eigenvalue weighted by Crippen LogP contribution is -2.26. The lowest BCUT2D eigenvalue weighted by molar-refractivity contribution is -0.0498. The Bertz CT molecular complexity index is 932. The van der Waals surface area contributed by atoms with Crippen LogP contribution in [0.2, 0.25) is 0 Å². The number of amides is 1. The fourth-order valence-electron chi connectivity index (χ4n) is 3.32. The Labute approximate surface area is 180 Å². The van der Waals surface area contributed by atoms with Crippen molar-refractivity contribution < 1.29 is 23.0 Å². The quantitative estimate of drug-likeness (QED) is 0.550. The second kappa shape index (κ2) is 10.3. The van der Waals surface area contributed by atoms with Crippen LogP contribution < -0.4 is 20.3 Å². The Morgan fingerprint density at radius 2 is 2.03 bits per heavy atom. The first-order chi connectivity index (χ1) is 14.9. The van der Waals surface area contributed by atoms with Crippen molar-refractivity contribution in [1.29, 1.82) is 0 Å². The number of anilines is 2. The van der Waals surface area contributed by atoms with Gasteiger partial charge in [0, 0.05) is 36.2 Å². The van der Waals surface area contributed by atoms with Gasteiger partial charge in [-0.3, -0.25) is 5.32 Å². The van der Waals surface area contributed by atoms with Gasteiger partial charge in [-0.15, -0.1) is 0 Å². The van der Waals surface area contributed by atoms with E-state index < -0.39 is 12.7 Å². The van der Waals surface area contributed by atoms with Crippen LogP contribution in [0, 0.1) is 5.92 Å². The fraction of sp³-hybridized carbons (Fsp3) is 0.348. The molecule has 0 atom stereocenters. The highest BCUT2D eigenvalue weighted by Gasteiger charge is 2.27. The van der Waals surface area contributed by atoms with Gasteiger partial charge in [-0.05, 0) is 55.1 Å². The summed E-state index contributed by atoms with van der Waals surface area (Å²) in [6.45, 7) is 2.66. The largest absolute Gasteiger partial charge is 0.453 e. The van der Waals surface area contributed by atoms with Crippen molar-refractivity contribution in [1.82, 2.24) is 5.32 Å². The molecule has 0 bridgehead atoms. The van der Waals surface area contributed by atoms with Crippen molar-refractivity contribution in [3.63, 3.8) is 0 Å². The summed E-state index contributed by atoms with van der Waals surface area (Å²) in [5.74, 6) is 0.606. The van der Waals surface area contributed by atoms with E-state index in [1.807, 2.05) is 24.1 Å². The number of hydrogen-bond acceptors (Lipinski definition) is 5. The number of alkyl halides is 2. The minimum atomic E-state index is -2.90. The zero-order valence-electron chi connectivity index (χ0n) is 17.7. The first-order valence-electron chi connectivity index (χ1n) is 10.1. The number of nitrogens with one attached hydrogen (secondary N) is 2. The first-order valence-corrected chi connectivity index (χ1v) is 10.1. The van der Waals surface area contributed by atoms with Gasteiger partial charge in [0.2, 0.25) is 0 Å². The smallest absolute Gasteiger partial charge is 0.411 e. The van der Waals surface area contributed by atoms with Gasteiger partial charge in [-0.25, -0.2) is 4.79 Å². The Hall–Kier alpha value is -3.13. The molecule has 0 saturated heterocycles. The molecule has 1 aliphatic rings. The monoisotopic (exact) mass is 431 g/mol. The number of benzene rings is 2. The maximum atomic E-state index is 12.8. The van der Waals surface area contributed by atoms with Gasteiger partial charge in [0.15, 0.2) is 0 Å². The third kappa shape index (κ3) is 6.18. The van der Waals surface area contributed by atoms with Crippen LogP contribution in [0.5, 0.6) is 5.75 Å². The van der Waals surface area contributed by atoms with Crippen molar-refractivity contribution in [2.45, 2.75) is 26.0 Å². The number of nitrogens with zero attached hydrogens (tertiary/aromatic N) is 1. The van der Waals surface area contributed by atoms with Crippen molar-refractivity contribution in [2.75, 3.05) is 30.9 Å². The zero-order chi connectivity index (χ0) is 22.4. The Morgan fingerprint density at radius 3 is 2.68 bits per heavy atom. The van der Waals surface area contributed by atoms with Gasteiger partial charge >= 0.3 is 12.7 Å². The first kappa shape index (κ1) is 22.6. The van der Waals surface area contributed by atoms with Crippen molar-refractivity contribution in [3.05, 3.63) is 60.2 Å². The van der Waals surface area contributed by atoms with Crippen LogP contribution in [0.1, 0.15) is 24.0 Å². The highest BCUT2D eigenvalue weighted by atomic mass is 19.3. The van der Waals surface area contributed by atoms with Gasteiger partial charge in [-0.1, -0.05) is 24.8 Å². The molecule has 6 nitrogen and oxygen atoms in total. The summed E-state index contributed by atoms with van der Waals surface area (Å²) in [4.78, 5) is 13.6. The second-order valence-corrected chi connectivity index (χ2v) is 7.40. The number of ether oxygens (including phenoxy) is 2. The topological polar surface area (TPSA) is 62.8 Å². The van der Waals surface area contributed by atoms with Gasteiger partial charge < -0.3 is 19.7 Å². The predicted octanol–water partition coefficient (Wildman–Crippen LogP) is 5.07. The van der Waals surface area contributed by atoms with Crippen LogP contribution in [0.15, 0.2) is 49.0 Å². The molecule has 0 aromatic heterocycles. The molecule has 8 heteroatoms. The molecule has 1 aliphatic carbocycles. The lowest BCUT2D eigenvalue weighted by Gasteiger charge is -2.30. The van der Waals surface area contributed by atoms with Gasteiger partial charge in [0.05, 0.1) is 7.11 Å². The van der Waals surface area contributed by atoms with E-state index in [-0.39, 0.29) is 5.75 Å². The van der Waals surface area contributed by atoms with E-state index in [1.165, 1.54) is 7.11 Å². The van der Waals surface area contributed by atoms with Crippen LogP contribution in [-0.4, -0.2) is 33.4 Å². The third-order valence-corrected chi connectivity index (χ3v) is 5.03. The molecular formula is C23H27F2N3O3. The molecule has 2 aromatic carbocycles. The van der Waals surface area contributed by atoms with Gasteiger partial charge in [0.25, 0.3) is 0 Å². The van der Waals surface area contributed by atoms with E-state index in [0.29, 0.717) is 30.4 Å². The molecule has 0 spiro atoms. The van der Waals surface area contributed by atoms with E-state index in [0.717, 1.165) is 29.7 Å². The summed E-state index contributed by atoms with van der Waals surface area (Å²) in [5, 5.41) is 5.76. The van der Waals surface area contributed by atoms with Crippen LogP contribution in [0.3, 0.4) is 0 Å². The van der Waals surface area contributed by atoms with E-state index in [1.54, 1.807) is 30.3 Å². The molecule has 3 rings (SSSR count). The fourth-order valence-corrected chi connectivity index (χ4v) is 3.32. The number of halogens is 2. The molecule has 0 radical (unpaired) electrons. The predicted molar refractivity (Wildman–Crippen MR) is 117 cm³/mol.